The highest BCUT2D eigenvalue weighted by Crippen LogP contribution is 2.22. The second kappa shape index (κ2) is 6.52. The first-order valence-corrected chi connectivity index (χ1v) is 8.46. The van der Waals surface area contributed by atoms with Crippen LogP contribution in [0.4, 0.5) is 0 Å². The highest BCUT2D eigenvalue weighted by atomic mass is 16.2. The molecule has 0 aromatic carbocycles. The van der Waals surface area contributed by atoms with E-state index in [1.165, 1.54) is 0 Å². The molecule has 0 spiro atoms. The van der Waals surface area contributed by atoms with Gasteiger partial charge in [0, 0.05) is 30.7 Å². The zero-order valence-electron chi connectivity index (χ0n) is 13.8. The van der Waals surface area contributed by atoms with E-state index in [-0.39, 0.29) is 23.1 Å². The van der Waals surface area contributed by atoms with Gasteiger partial charge in [0.15, 0.2) is 0 Å². The van der Waals surface area contributed by atoms with Gasteiger partial charge in [-0.3, -0.25) is 14.2 Å². The van der Waals surface area contributed by atoms with Crippen LogP contribution in [0, 0.1) is 0 Å². The molecule has 3 heterocycles. The molecule has 5 nitrogen and oxygen atoms in total. The lowest BCUT2D eigenvalue weighted by Crippen LogP contribution is -2.45. The van der Waals surface area contributed by atoms with E-state index in [1.807, 2.05) is 24.0 Å². The van der Waals surface area contributed by atoms with Crippen LogP contribution in [0.2, 0.25) is 0 Å². The van der Waals surface area contributed by atoms with Crippen molar-refractivity contribution in [3.8, 4) is 0 Å². The minimum atomic E-state index is -0.232. The predicted octanol–water partition coefficient (Wildman–Crippen LogP) is 2.82. The Balaban J connectivity index is 2.10. The number of hydrogen-bond acceptors (Lipinski definition) is 3. The van der Waals surface area contributed by atoms with Crippen molar-refractivity contribution in [1.82, 2.24) is 14.5 Å². The third-order valence-electron chi connectivity index (χ3n) is 4.75. The van der Waals surface area contributed by atoms with Crippen molar-refractivity contribution in [1.29, 1.82) is 0 Å². The fraction of sp³-hybridized carbons (Fsp3) is 0.500. The summed E-state index contributed by atoms with van der Waals surface area (Å²) < 4.78 is 1.59. The maximum atomic E-state index is 13.0. The molecule has 23 heavy (non-hydrogen) atoms. The van der Waals surface area contributed by atoms with Gasteiger partial charge in [0.2, 0.25) is 0 Å². The Morgan fingerprint density at radius 3 is 2.91 bits per heavy atom. The van der Waals surface area contributed by atoms with Crippen LogP contribution >= 0.6 is 0 Å². The summed E-state index contributed by atoms with van der Waals surface area (Å²) in [6.07, 6.45) is 5.80. The number of fused-ring (bicyclic) bond motifs is 1. The van der Waals surface area contributed by atoms with E-state index in [1.54, 1.807) is 16.8 Å². The van der Waals surface area contributed by atoms with Crippen LogP contribution in [0.3, 0.4) is 0 Å². The van der Waals surface area contributed by atoms with Crippen molar-refractivity contribution in [2.45, 2.75) is 52.1 Å². The highest BCUT2D eigenvalue weighted by molar-refractivity contribution is 5.97. The average Bonchev–Trinajstić information content (AvgIpc) is 2.60. The zero-order chi connectivity index (χ0) is 16.4. The highest BCUT2D eigenvalue weighted by Gasteiger charge is 2.28. The largest absolute Gasteiger partial charge is 0.336 e. The molecule has 0 aliphatic carbocycles. The monoisotopic (exact) mass is 313 g/mol. The first-order chi connectivity index (χ1) is 11.2. The smallest absolute Gasteiger partial charge is 0.265 e. The number of rotatable bonds is 3. The van der Waals surface area contributed by atoms with Crippen molar-refractivity contribution in [2.24, 2.45) is 0 Å². The van der Waals surface area contributed by atoms with Crippen molar-refractivity contribution in [3.05, 3.63) is 40.3 Å². The van der Waals surface area contributed by atoms with Crippen LogP contribution in [0.25, 0.3) is 11.0 Å². The molecule has 5 heteroatoms. The maximum Gasteiger partial charge on any atom is 0.265 e. The molecule has 1 aliphatic heterocycles. The molecule has 1 atom stereocenters. The molecule has 1 fully saturated rings. The number of nitrogens with zero attached hydrogens (tertiary/aromatic N) is 3. The van der Waals surface area contributed by atoms with Gasteiger partial charge in [-0.2, -0.15) is 0 Å². The molecule has 0 N–H and O–H groups in total. The summed E-state index contributed by atoms with van der Waals surface area (Å²) in [7, 11) is 0. The molecule has 1 amide bonds. The van der Waals surface area contributed by atoms with Gasteiger partial charge in [0.05, 0.1) is 0 Å². The van der Waals surface area contributed by atoms with Gasteiger partial charge in [-0.05, 0) is 50.8 Å². The van der Waals surface area contributed by atoms with Gasteiger partial charge in [-0.1, -0.05) is 6.92 Å². The summed E-state index contributed by atoms with van der Waals surface area (Å²) in [4.78, 5) is 31.9. The van der Waals surface area contributed by atoms with Crippen LogP contribution < -0.4 is 5.56 Å². The topological polar surface area (TPSA) is 55.2 Å². The number of pyridine rings is 2. The molecule has 0 unspecified atom stereocenters. The van der Waals surface area contributed by atoms with E-state index in [0.717, 1.165) is 37.6 Å². The second-order valence-electron chi connectivity index (χ2n) is 6.08. The summed E-state index contributed by atoms with van der Waals surface area (Å²) in [5, 5.41) is 0.836. The van der Waals surface area contributed by atoms with Gasteiger partial charge >= 0.3 is 0 Å². The van der Waals surface area contributed by atoms with Gasteiger partial charge in [0.1, 0.15) is 11.2 Å². The van der Waals surface area contributed by atoms with Crippen LogP contribution in [-0.2, 0) is 6.54 Å². The summed E-state index contributed by atoms with van der Waals surface area (Å²) in [5.74, 6) is -0.130. The summed E-state index contributed by atoms with van der Waals surface area (Å²) in [6.45, 7) is 5.25. The lowest BCUT2D eigenvalue weighted by Gasteiger charge is -2.35. The van der Waals surface area contributed by atoms with E-state index in [2.05, 4.69) is 11.9 Å². The number of aromatic nitrogens is 2. The first kappa shape index (κ1) is 15.7. The first-order valence-electron chi connectivity index (χ1n) is 8.46. The molecule has 1 aliphatic rings. The number of piperidine rings is 1. The number of aryl methyl sites for hydroxylation is 1. The van der Waals surface area contributed by atoms with Crippen LogP contribution in [0.15, 0.2) is 29.2 Å². The second-order valence-corrected chi connectivity index (χ2v) is 6.08. The van der Waals surface area contributed by atoms with Crippen molar-refractivity contribution < 1.29 is 4.79 Å². The Morgan fingerprint density at radius 1 is 1.35 bits per heavy atom. The number of carbonyl (C=O) groups excluding carboxylic acids is 1. The third kappa shape index (κ3) is 2.76. The summed E-state index contributed by atoms with van der Waals surface area (Å²) >= 11 is 0. The fourth-order valence-electron chi connectivity index (χ4n) is 3.50. The van der Waals surface area contributed by atoms with Gasteiger partial charge in [-0.15, -0.1) is 0 Å². The Hall–Kier alpha value is -2.17. The fourth-order valence-corrected chi connectivity index (χ4v) is 3.50. The predicted molar refractivity (Wildman–Crippen MR) is 90.6 cm³/mol. The Morgan fingerprint density at radius 2 is 2.17 bits per heavy atom. The van der Waals surface area contributed by atoms with E-state index in [4.69, 9.17) is 0 Å². The lowest BCUT2D eigenvalue weighted by atomic mass is 9.99. The summed E-state index contributed by atoms with van der Waals surface area (Å²) in [5.41, 5.74) is 0.680. The maximum absolute atomic E-state index is 13.0. The number of likely N-dealkylation sites (tertiary alicyclic amines) is 1. The number of hydrogen-bond donors (Lipinski definition) is 0. The van der Waals surface area contributed by atoms with Gasteiger partial charge in [-0.25, -0.2) is 4.98 Å². The van der Waals surface area contributed by atoms with E-state index in [0.29, 0.717) is 12.2 Å². The van der Waals surface area contributed by atoms with E-state index in [9.17, 15) is 9.59 Å². The molecular formula is C18H23N3O2. The normalized spacial score (nSPS) is 18.3. The number of carbonyl (C=O) groups is 1. The molecule has 1 saturated heterocycles. The van der Waals surface area contributed by atoms with Crippen LogP contribution in [-0.4, -0.2) is 32.9 Å². The van der Waals surface area contributed by atoms with Crippen LogP contribution in [0.1, 0.15) is 49.9 Å². The quantitative estimate of drug-likeness (QED) is 0.875. The van der Waals surface area contributed by atoms with Gasteiger partial charge in [0.25, 0.3) is 11.5 Å². The molecule has 0 radical (unpaired) electrons. The minimum Gasteiger partial charge on any atom is -0.336 e. The Bertz CT molecular complexity index is 781. The van der Waals surface area contributed by atoms with Gasteiger partial charge < -0.3 is 4.90 Å². The molecule has 2 aromatic heterocycles. The average molecular weight is 313 g/mol. The number of amides is 1. The van der Waals surface area contributed by atoms with Crippen molar-refractivity contribution in [3.63, 3.8) is 0 Å². The standard InChI is InChI=1S/C18H23N3O2/c1-3-14-9-5-6-11-21(14)18(23)15-12-13-8-7-10-19-16(13)20(4-2)17(15)22/h7-8,10,12,14H,3-6,9,11H2,1-2H3/t14-/m1/s1. The Kier molecular flexibility index (Phi) is 4.46. The summed E-state index contributed by atoms with van der Waals surface area (Å²) in [6, 6.07) is 5.69. The third-order valence-corrected chi connectivity index (χ3v) is 4.75. The minimum absolute atomic E-state index is 0.130. The SMILES string of the molecule is CC[C@@H]1CCCCN1C(=O)c1cc2cccnc2n(CC)c1=O. The molecule has 3 rings (SSSR count). The molecular weight excluding hydrogens is 290 g/mol. The van der Waals surface area contributed by atoms with Crippen LogP contribution in [0.5, 0.6) is 0 Å². The van der Waals surface area contributed by atoms with Crippen molar-refractivity contribution >= 4 is 16.9 Å². The van der Waals surface area contributed by atoms with E-state index >= 15 is 0 Å². The zero-order valence-corrected chi connectivity index (χ0v) is 13.8. The lowest BCUT2D eigenvalue weighted by molar-refractivity contribution is 0.0606. The molecule has 0 saturated carbocycles. The molecule has 122 valence electrons. The van der Waals surface area contributed by atoms with Crippen molar-refractivity contribution in [2.75, 3.05) is 6.54 Å². The van der Waals surface area contributed by atoms with E-state index < -0.39 is 0 Å². The molecule has 0 bridgehead atoms. The molecule has 2 aromatic rings. The Labute approximate surface area is 135 Å².